The first-order valence-corrected chi connectivity index (χ1v) is 15.1. The van der Waals surface area contributed by atoms with Gasteiger partial charge in [-0.05, 0) is 42.8 Å². The Morgan fingerprint density at radius 3 is 1.32 bits per heavy atom. The SMILES string of the molecule is Cc1cccc(P(c2cccc(C)c2O)[Si](C)(c2ccccc2)c2ccccc2)c1O. The van der Waals surface area contributed by atoms with Crippen LogP contribution in [0.15, 0.2) is 97.1 Å². The summed E-state index contributed by atoms with van der Waals surface area (Å²) in [6, 6.07) is 33.2. The molecule has 0 saturated carbocycles. The molecule has 0 aliphatic carbocycles. The van der Waals surface area contributed by atoms with E-state index in [2.05, 4.69) is 55.1 Å². The maximum atomic E-state index is 11.2. The minimum atomic E-state index is -2.48. The molecule has 2 nitrogen and oxygen atoms in total. The molecule has 0 aliphatic heterocycles. The molecule has 156 valence electrons. The predicted molar refractivity (Wildman–Crippen MR) is 136 cm³/mol. The molecule has 31 heavy (non-hydrogen) atoms. The van der Waals surface area contributed by atoms with Crippen LogP contribution in [0.3, 0.4) is 0 Å². The lowest BCUT2D eigenvalue weighted by molar-refractivity contribution is 0.475. The fourth-order valence-corrected chi connectivity index (χ4v) is 15.6. The Morgan fingerprint density at radius 1 is 0.548 bits per heavy atom. The van der Waals surface area contributed by atoms with E-state index in [1.54, 1.807) is 0 Å². The van der Waals surface area contributed by atoms with Crippen molar-refractivity contribution in [3.8, 4) is 11.5 Å². The largest absolute Gasteiger partial charge is 0.507 e. The molecule has 0 bridgehead atoms. The van der Waals surface area contributed by atoms with Gasteiger partial charge in [-0.15, -0.1) is 0 Å². The molecule has 4 aromatic carbocycles. The van der Waals surface area contributed by atoms with Gasteiger partial charge in [0.1, 0.15) is 19.2 Å². The van der Waals surface area contributed by atoms with Crippen LogP contribution in [0.4, 0.5) is 0 Å². The third-order valence-electron chi connectivity index (χ3n) is 6.03. The summed E-state index contributed by atoms with van der Waals surface area (Å²) in [4.78, 5) is 0. The number of phenolic OH excluding ortho intramolecular Hbond substituents is 2. The molecule has 4 aromatic rings. The van der Waals surface area contributed by atoms with E-state index in [9.17, 15) is 10.2 Å². The topological polar surface area (TPSA) is 40.5 Å². The number of hydrogen-bond donors (Lipinski definition) is 2. The third-order valence-corrected chi connectivity index (χ3v) is 17.2. The van der Waals surface area contributed by atoms with E-state index in [0.717, 1.165) is 21.7 Å². The van der Waals surface area contributed by atoms with Crippen molar-refractivity contribution in [3.63, 3.8) is 0 Å². The summed E-state index contributed by atoms with van der Waals surface area (Å²) in [5.74, 6) is 0.667. The van der Waals surface area contributed by atoms with Gasteiger partial charge in [-0.25, -0.2) is 0 Å². The van der Waals surface area contributed by atoms with Gasteiger partial charge < -0.3 is 10.2 Å². The van der Waals surface area contributed by atoms with Crippen LogP contribution in [0.2, 0.25) is 6.55 Å². The number of rotatable bonds is 5. The summed E-state index contributed by atoms with van der Waals surface area (Å²) in [6.07, 6.45) is 0. The van der Waals surface area contributed by atoms with Crippen molar-refractivity contribution in [3.05, 3.63) is 108 Å². The molecular formula is C27H27O2PSi. The van der Waals surface area contributed by atoms with E-state index in [1.165, 1.54) is 10.4 Å². The summed E-state index contributed by atoms with van der Waals surface area (Å²) >= 11 is 0. The van der Waals surface area contributed by atoms with Crippen LogP contribution in [0.1, 0.15) is 11.1 Å². The maximum absolute atomic E-state index is 11.2. The highest BCUT2D eigenvalue weighted by atomic mass is 31.4. The monoisotopic (exact) mass is 442 g/mol. The lowest BCUT2D eigenvalue weighted by Crippen LogP contribution is -2.57. The lowest BCUT2D eigenvalue weighted by atomic mass is 10.2. The molecule has 0 amide bonds. The normalized spacial score (nSPS) is 11.6. The lowest BCUT2D eigenvalue weighted by Gasteiger charge is -2.39. The fourth-order valence-electron chi connectivity index (χ4n) is 4.21. The average Bonchev–Trinajstić information content (AvgIpc) is 2.80. The van der Waals surface area contributed by atoms with Crippen molar-refractivity contribution in [2.45, 2.75) is 20.4 Å². The third kappa shape index (κ3) is 3.80. The van der Waals surface area contributed by atoms with Gasteiger partial charge in [0.2, 0.25) is 0 Å². The summed E-state index contributed by atoms with van der Waals surface area (Å²) in [5.41, 5.74) is 1.71. The average molecular weight is 443 g/mol. The van der Waals surface area contributed by atoms with Crippen molar-refractivity contribution in [2.24, 2.45) is 0 Å². The van der Waals surface area contributed by atoms with Gasteiger partial charge in [0, 0.05) is 10.6 Å². The van der Waals surface area contributed by atoms with Gasteiger partial charge in [0.15, 0.2) is 0 Å². The first-order valence-electron chi connectivity index (χ1n) is 10.4. The molecule has 0 spiro atoms. The summed E-state index contributed by atoms with van der Waals surface area (Å²) in [7, 11) is -3.56. The second-order valence-corrected chi connectivity index (χ2v) is 17.0. The molecule has 4 heteroatoms. The van der Waals surface area contributed by atoms with Gasteiger partial charge in [0.05, 0.1) is 0 Å². The van der Waals surface area contributed by atoms with Crippen molar-refractivity contribution >= 4 is 36.2 Å². The van der Waals surface area contributed by atoms with Crippen LogP contribution >= 0.6 is 7.47 Å². The van der Waals surface area contributed by atoms with Gasteiger partial charge in [-0.2, -0.15) is 0 Å². The second kappa shape index (κ2) is 8.70. The minimum Gasteiger partial charge on any atom is -0.507 e. The Hall–Kier alpha value is -2.87. The van der Waals surface area contributed by atoms with Crippen molar-refractivity contribution in [1.29, 1.82) is 0 Å². The first-order chi connectivity index (χ1) is 14.9. The summed E-state index contributed by atoms with van der Waals surface area (Å²) in [6.45, 7) is 6.24. The van der Waals surface area contributed by atoms with Crippen molar-refractivity contribution in [1.82, 2.24) is 0 Å². The van der Waals surface area contributed by atoms with E-state index in [0.29, 0.717) is 11.5 Å². The molecule has 0 saturated heterocycles. The highest BCUT2D eigenvalue weighted by Crippen LogP contribution is 2.49. The number of aromatic hydroxyl groups is 2. The van der Waals surface area contributed by atoms with Crippen LogP contribution in [0.5, 0.6) is 11.5 Å². The summed E-state index contributed by atoms with van der Waals surface area (Å²) in [5, 5.41) is 26.8. The smallest absolute Gasteiger partial charge is 0.150 e. The number of para-hydroxylation sites is 2. The quantitative estimate of drug-likeness (QED) is 0.352. The molecule has 0 heterocycles. The highest BCUT2D eigenvalue weighted by molar-refractivity contribution is 8.08. The second-order valence-electron chi connectivity index (χ2n) is 8.02. The van der Waals surface area contributed by atoms with Crippen molar-refractivity contribution in [2.75, 3.05) is 0 Å². The Kier molecular flexibility index (Phi) is 6.00. The zero-order chi connectivity index (χ0) is 22.0. The molecule has 0 fully saturated rings. The Bertz CT molecular complexity index is 1100. The number of hydrogen-bond acceptors (Lipinski definition) is 2. The molecule has 2 N–H and O–H groups in total. The molecule has 0 radical (unpaired) electrons. The molecule has 0 unspecified atom stereocenters. The van der Waals surface area contributed by atoms with Crippen LogP contribution in [-0.4, -0.2) is 18.0 Å². The van der Waals surface area contributed by atoms with Crippen LogP contribution < -0.4 is 21.0 Å². The van der Waals surface area contributed by atoms with Crippen molar-refractivity contribution < 1.29 is 10.2 Å². The highest BCUT2D eigenvalue weighted by Gasteiger charge is 2.44. The van der Waals surface area contributed by atoms with Crippen LogP contribution in [-0.2, 0) is 0 Å². The standard InChI is InChI=1S/C27H27O2PSi/c1-20-12-10-18-24(26(20)28)30(25-19-11-13-21(2)27(25)29)31(3,22-14-6-4-7-15-22)23-16-8-5-9-17-23/h4-19,28-29H,1-3H3. The fraction of sp³-hybridized carbons (Fsp3) is 0.111. The Balaban J connectivity index is 2.12. The number of phenols is 2. The van der Waals surface area contributed by atoms with Gasteiger partial charge in [-0.3, -0.25) is 0 Å². The molecular weight excluding hydrogens is 415 g/mol. The molecule has 0 atom stereocenters. The Morgan fingerprint density at radius 2 is 0.935 bits per heavy atom. The number of aryl methyl sites for hydroxylation is 2. The number of benzene rings is 4. The maximum Gasteiger partial charge on any atom is 0.150 e. The van der Waals surface area contributed by atoms with E-state index in [4.69, 9.17) is 0 Å². The van der Waals surface area contributed by atoms with E-state index < -0.39 is 15.2 Å². The van der Waals surface area contributed by atoms with Crippen LogP contribution in [0, 0.1) is 13.8 Å². The zero-order valence-corrected chi connectivity index (χ0v) is 20.0. The Labute approximate surface area is 186 Å². The zero-order valence-electron chi connectivity index (χ0n) is 18.1. The minimum absolute atomic E-state index is 0.333. The van der Waals surface area contributed by atoms with Crippen LogP contribution in [0.25, 0.3) is 0 Å². The van der Waals surface area contributed by atoms with Gasteiger partial charge in [-0.1, -0.05) is 104 Å². The first kappa shape index (κ1) is 21.4. The van der Waals surface area contributed by atoms with E-state index in [1.807, 2.05) is 62.4 Å². The van der Waals surface area contributed by atoms with E-state index in [-0.39, 0.29) is 0 Å². The molecule has 0 aliphatic rings. The molecule has 0 aromatic heterocycles. The van der Waals surface area contributed by atoms with E-state index >= 15 is 0 Å². The molecule has 4 rings (SSSR count). The van der Waals surface area contributed by atoms with Gasteiger partial charge in [0.25, 0.3) is 0 Å². The summed E-state index contributed by atoms with van der Waals surface area (Å²) < 4.78 is 0. The van der Waals surface area contributed by atoms with Gasteiger partial charge >= 0.3 is 0 Å². The predicted octanol–water partition coefficient (Wildman–Crippen LogP) is 4.54.